The Bertz CT molecular complexity index is 770. The van der Waals surface area contributed by atoms with Gasteiger partial charge in [0.1, 0.15) is 5.75 Å². The summed E-state index contributed by atoms with van der Waals surface area (Å²) in [5, 5.41) is 3.35. The van der Waals surface area contributed by atoms with Gasteiger partial charge in [-0.15, -0.1) is 0 Å². The fourth-order valence-electron chi connectivity index (χ4n) is 5.53. The van der Waals surface area contributed by atoms with Crippen molar-refractivity contribution in [3.8, 4) is 5.75 Å². The summed E-state index contributed by atoms with van der Waals surface area (Å²) in [6.07, 6.45) is 2.11. The van der Waals surface area contributed by atoms with E-state index in [1.807, 2.05) is 29.2 Å². The minimum atomic E-state index is -0.125. The first-order valence-electron chi connectivity index (χ1n) is 10.9. The van der Waals surface area contributed by atoms with E-state index in [1.54, 1.807) is 7.11 Å². The average Bonchev–Trinajstić information content (AvgIpc) is 3.21. The molecule has 0 bridgehead atoms. The Balaban J connectivity index is 1.37. The zero-order chi connectivity index (χ0) is 20.6. The predicted octanol–water partition coefficient (Wildman–Crippen LogP) is 1.93. The van der Waals surface area contributed by atoms with Crippen molar-refractivity contribution in [1.82, 2.24) is 15.1 Å². The molecule has 4 rings (SSSR count). The fourth-order valence-corrected chi connectivity index (χ4v) is 5.53. The van der Waals surface area contributed by atoms with Gasteiger partial charge in [-0.1, -0.05) is 26.0 Å². The van der Waals surface area contributed by atoms with Crippen molar-refractivity contribution < 1.29 is 14.3 Å². The summed E-state index contributed by atoms with van der Waals surface area (Å²) in [4.78, 5) is 29.9. The lowest BCUT2D eigenvalue weighted by molar-refractivity contribution is -0.132. The van der Waals surface area contributed by atoms with E-state index in [2.05, 4.69) is 24.1 Å². The summed E-state index contributed by atoms with van der Waals surface area (Å²) in [5.74, 6) is 2.26. The van der Waals surface area contributed by atoms with E-state index in [1.165, 1.54) is 0 Å². The van der Waals surface area contributed by atoms with Gasteiger partial charge in [-0.3, -0.25) is 9.59 Å². The third kappa shape index (κ3) is 4.00. The van der Waals surface area contributed by atoms with Gasteiger partial charge in [0.2, 0.25) is 11.8 Å². The summed E-state index contributed by atoms with van der Waals surface area (Å²) < 4.78 is 5.26. The highest BCUT2D eigenvalue weighted by molar-refractivity contribution is 5.84. The van der Waals surface area contributed by atoms with Gasteiger partial charge >= 0.3 is 0 Å². The minimum Gasteiger partial charge on any atom is -0.497 e. The van der Waals surface area contributed by atoms with E-state index >= 15 is 0 Å². The molecule has 0 aromatic heterocycles. The monoisotopic (exact) mass is 399 g/mol. The number of hydrogen-bond donors (Lipinski definition) is 1. The van der Waals surface area contributed by atoms with Gasteiger partial charge in [0.15, 0.2) is 0 Å². The minimum absolute atomic E-state index is 0.118. The van der Waals surface area contributed by atoms with Gasteiger partial charge in [-0.05, 0) is 36.5 Å². The molecule has 3 aliphatic heterocycles. The quantitative estimate of drug-likeness (QED) is 0.822. The van der Waals surface area contributed by atoms with E-state index in [9.17, 15) is 9.59 Å². The standard InChI is InChI=1S/C23H33N3O3/c1-16(2)13-25-14-19-20(15-25)23(24-22(19)28)7-9-26(10-8-23)21(27)12-17-5-4-6-18(11-17)29-3/h4-6,11,16,19-20H,7-10,12-15H2,1-3H3,(H,24,28)/t19-,20+/m0/s1. The van der Waals surface area contributed by atoms with Crippen molar-refractivity contribution in [3.63, 3.8) is 0 Å². The van der Waals surface area contributed by atoms with Crippen LogP contribution in [0.1, 0.15) is 32.3 Å². The number of methoxy groups -OCH3 is 1. The number of rotatable bonds is 5. The van der Waals surface area contributed by atoms with Gasteiger partial charge in [-0.25, -0.2) is 0 Å². The molecule has 158 valence electrons. The highest BCUT2D eigenvalue weighted by Gasteiger charge is 2.57. The SMILES string of the molecule is COc1cccc(CC(=O)N2CCC3(CC2)NC(=O)[C@H]2CN(CC(C)C)C[C@H]23)c1. The second-order valence-corrected chi connectivity index (χ2v) is 9.38. The highest BCUT2D eigenvalue weighted by Crippen LogP contribution is 2.44. The Hall–Kier alpha value is -2.08. The number of carbonyl (C=O) groups is 2. The highest BCUT2D eigenvalue weighted by atomic mass is 16.5. The molecule has 6 heteroatoms. The van der Waals surface area contributed by atoms with Crippen LogP contribution in [0.5, 0.6) is 5.75 Å². The summed E-state index contributed by atoms with van der Waals surface area (Å²) in [6.45, 7) is 8.84. The molecule has 1 N–H and O–H groups in total. The Kier molecular flexibility index (Phi) is 5.56. The van der Waals surface area contributed by atoms with Crippen LogP contribution in [0.4, 0.5) is 0 Å². The van der Waals surface area contributed by atoms with Crippen LogP contribution in [0.3, 0.4) is 0 Å². The number of nitrogens with zero attached hydrogens (tertiary/aromatic N) is 2. The molecule has 0 saturated carbocycles. The summed E-state index contributed by atoms with van der Waals surface area (Å²) >= 11 is 0. The van der Waals surface area contributed by atoms with Crippen molar-refractivity contribution in [2.45, 2.75) is 38.6 Å². The first-order valence-corrected chi connectivity index (χ1v) is 10.9. The molecule has 1 aromatic carbocycles. The third-order valence-corrected chi connectivity index (χ3v) is 6.94. The lowest BCUT2D eigenvalue weighted by Crippen LogP contribution is -2.56. The number of likely N-dealkylation sites (tertiary alicyclic amines) is 2. The fraction of sp³-hybridized carbons (Fsp3) is 0.652. The normalized spacial score (nSPS) is 26.1. The molecule has 0 unspecified atom stereocenters. The van der Waals surface area contributed by atoms with Crippen molar-refractivity contribution in [2.75, 3.05) is 39.8 Å². The Morgan fingerprint density at radius 3 is 2.72 bits per heavy atom. The van der Waals surface area contributed by atoms with Crippen LogP contribution in [0, 0.1) is 17.8 Å². The summed E-state index contributed by atoms with van der Waals surface area (Å²) in [7, 11) is 1.64. The molecule has 3 heterocycles. The number of ether oxygens (including phenoxy) is 1. The average molecular weight is 400 g/mol. The smallest absolute Gasteiger partial charge is 0.226 e. The van der Waals surface area contributed by atoms with Crippen LogP contribution in [0.2, 0.25) is 0 Å². The largest absolute Gasteiger partial charge is 0.497 e. The molecule has 6 nitrogen and oxygen atoms in total. The predicted molar refractivity (Wildman–Crippen MR) is 112 cm³/mol. The first-order chi connectivity index (χ1) is 13.9. The lowest BCUT2D eigenvalue weighted by atomic mass is 9.75. The van der Waals surface area contributed by atoms with Gasteiger partial charge in [-0.2, -0.15) is 0 Å². The third-order valence-electron chi connectivity index (χ3n) is 6.94. The van der Waals surface area contributed by atoms with Crippen LogP contribution in [0.25, 0.3) is 0 Å². The second kappa shape index (κ2) is 7.98. The molecule has 2 amide bonds. The van der Waals surface area contributed by atoms with Crippen molar-refractivity contribution in [3.05, 3.63) is 29.8 Å². The number of benzene rings is 1. The van der Waals surface area contributed by atoms with E-state index in [0.29, 0.717) is 18.3 Å². The zero-order valence-electron chi connectivity index (χ0n) is 17.8. The van der Waals surface area contributed by atoms with E-state index in [-0.39, 0.29) is 23.3 Å². The van der Waals surface area contributed by atoms with Crippen LogP contribution in [-0.2, 0) is 16.0 Å². The number of hydrogen-bond acceptors (Lipinski definition) is 4. The van der Waals surface area contributed by atoms with Crippen LogP contribution in [0.15, 0.2) is 24.3 Å². The molecule has 3 saturated heterocycles. The molecule has 1 aromatic rings. The van der Waals surface area contributed by atoms with Crippen molar-refractivity contribution in [1.29, 1.82) is 0 Å². The molecule has 2 atom stereocenters. The van der Waals surface area contributed by atoms with Crippen molar-refractivity contribution in [2.24, 2.45) is 17.8 Å². The van der Waals surface area contributed by atoms with Gasteiger partial charge in [0, 0.05) is 44.2 Å². The number of nitrogens with one attached hydrogen (secondary N) is 1. The van der Waals surface area contributed by atoms with Crippen LogP contribution in [-0.4, -0.2) is 67.0 Å². The van der Waals surface area contributed by atoms with E-state index in [0.717, 1.165) is 56.9 Å². The molecule has 0 radical (unpaired) electrons. The lowest BCUT2D eigenvalue weighted by Gasteiger charge is -2.43. The number of carbonyl (C=O) groups excluding carboxylic acids is 2. The second-order valence-electron chi connectivity index (χ2n) is 9.38. The van der Waals surface area contributed by atoms with Crippen LogP contribution >= 0.6 is 0 Å². The Morgan fingerprint density at radius 2 is 2.03 bits per heavy atom. The number of amides is 2. The van der Waals surface area contributed by atoms with E-state index in [4.69, 9.17) is 4.74 Å². The maximum Gasteiger partial charge on any atom is 0.226 e. The number of piperidine rings is 1. The molecule has 0 aliphatic carbocycles. The molecule has 1 spiro atoms. The molecule has 29 heavy (non-hydrogen) atoms. The Labute approximate surface area is 173 Å². The molecular formula is C23H33N3O3. The number of fused-ring (bicyclic) bond motifs is 2. The summed E-state index contributed by atoms with van der Waals surface area (Å²) in [5.41, 5.74) is 0.851. The summed E-state index contributed by atoms with van der Waals surface area (Å²) in [6, 6.07) is 7.70. The van der Waals surface area contributed by atoms with Gasteiger partial charge < -0.3 is 19.9 Å². The van der Waals surface area contributed by atoms with Gasteiger partial charge in [0.05, 0.1) is 19.4 Å². The molecular weight excluding hydrogens is 366 g/mol. The van der Waals surface area contributed by atoms with Gasteiger partial charge in [0.25, 0.3) is 0 Å². The Morgan fingerprint density at radius 1 is 1.28 bits per heavy atom. The maximum atomic E-state index is 12.8. The first kappa shape index (κ1) is 20.2. The maximum absolute atomic E-state index is 12.8. The zero-order valence-corrected chi connectivity index (χ0v) is 17.8. The molecule has 3 fully saturated rings. The molecule has 3 aliphatic rings. The topological polar surface area (TPSA) is 61.9 Å². The van der Waals surface area contributed by atoms with E-state index < -0.39 is 0 Å². The van der Waals surface area contributed by atoms with Crippen molar-refractivity contribution >= 4 is 11.8 Å². The van der Waals surface area contributed by atoms with Crippen LogP contribution < -0.4 is 10.1 Å².